The first-order valence-corrected chi connectivity index (χ1v) is 6.03. The lowest BCUT2D eigenvalue weighted by Gasteiger charge is -2.23. The van der Waals surface area contributed by atoms with Crippen LogP contribution in [0.3, 0.4) is 0 Å². The summed E-state index contributed by atoms with van der Waals surface area (Å²) in [6.07, 6.45) is 1.58. The molecular weight excluding hydrogens is 289 g/mol. The third kappa shape index (κ3) is 3.88. The molecule has 2 N–H and O–H groups in total. The number of nitro benzene ring substituents is 1. The molecule has 1 fully saturated rings. The van der Waals surface area contributed by atoms with Crippen molar-refractivity contribution in [3.05, 3.63) is 39.7 Å². The van der Waals surface area contributed by atoms with E-state index in [4.69, 9.17) is 0 Å². The molecule has 1 aromatic carbocycles. The Labute approximate surface area is 121 Å². The zero-order valence-corrected chi connectivity index (χ0v) is 11.4. The number of nitro groups is 1. The molecule has 0 bridgehead atoms. The molecule has 1 heterocycles. The lowest BCUT2D eigenvalue weighted by molar-refractivity contribution is -0.385. The Kier molecular flexibility index (Phi) is 5.84. The number of benzene rings is 1. The van der Waals surface area contributed by atoms with Crippen molar-refractivity contribution in [3.8, 4) is 0 Å². The number of piperidine rings is 1. The van der Waals surface area contributed by atoms with E-state index < -0.39 is 16.6 Å². The van der Waals surface area contributed by atoms with Crippen molar-refractivity contribution in [2.24, 2.45) is 0 Å². The zero-order chi connectivity index (χ0) is 13.8. The number of carbonyl (C=O) groups is 1. The number of nitrogens with one attached hydrogen (secondary N) is 2. The topological polar surface area (TPSA) is 84.3 Å². The van der Waals surface area contributed by atoms with E-state index in [1.54, 1.807) is 0 Å². The van der Waals surface area contributed by atoms with Crippen LogP contribution in [0.4, 0.5) is 10.1 Å². The lowest BCUT2D eigenvalue weighted by atomic mass is 10.1. The minimum Gasteiger partial charge on any atom is -0.349 e. The first-order chi connectivity index (χ1) is 9.08. The van der Waals surface area contributed by atoms with E-state index in [-0.39, 0.29) is 29.7 Å². The summed E-state index contributed by atoms with van der Waals surface area (Å²) in [6.45, 7) is 1.63. The molecule has 0 atom stereocenters. The Hall–Kier alpha value is -1.73. The molecule has 0 radical (unpaired) electrons. The van der Waals surface area contributed by atoms with Crippen molar-refractivity contribution >= 4 is 24.0 Å². The van der Waals surface area contributed by atoms with Gasteiger partial charge in [0.25, 0.3) is 11.6 Å². The molecule has 2 rings (SSSR count). The van der Waals surface area contributed by atoms with E-state index in [9.17, 15) is 19.3 Å². The van der Waals surface area contributed by atoms with Gasteiger partial charge in [-0.1, -0.05) is 0 Å². The molecule has 1 aliphatic heterocycles. The molecular formula is C12H15ClFN3O3. The maximum Gasteiger partial charge on any atom is 0.272 e. The highest BCUT2D eigenvalue weighted by atomic mass is 35.5. The predicted octanol–water partition coefficient (Wildman–Crippen LogP) is 1.64. The number of amides is 1. The first kappa shape index (κ1) is 16.3. The fourth-order valence-corrected chi connectivity index (χ4v) is 2.03. The minimum atomic E-state index is -0.874. The average Bonchev–Trinajstić information content (AvgIpc) is 2.39. The standard InChI is InChI=1S/C12H14FN3O3.ClH/c13-11-7-9(16(18)19)1-2-10(11)12(17)15-8-3-5-14-6-4-8;/h1-2,7-8,14H,3-6H2,(H,15,17);1H. The number of rotatable bonds is 3. The molecule has 1 saturated heterocycles. The molecule has 0 saturated carbocycles. The van der Waals surface area contributed by atoms with Gasteiger partial charge >= 0.3 is 0 Å². The predicted molar refractivity (Wildman–Crippen MR) is 73.7 cm³/mol. The summed E-state index contributed by atoms with van der Waals surface area (Å²) < 4.78 is 13.6. The molecule has 110 valence electrons. The van der Waals surface area contributed by atoms with Crippen LogP contribution in [-0.4, -0.2) is 30.0 Å². The van der Waals surface area contributed by atoms with Crippen LogP contribution >= 0.6 is 12.4 Å². The van der Waals surface area contributed by atoms with Crippen molar-refractivity contribution in [3.63, 3.8) is 0 Å². The van der Waals surface area contributed by atoms with Gasteiger partial charge in [-0.3, -0.25) is 14.9 Å². The van der Waals surface area contributed by atoms with Crippen LogP contribution in [0.1, 0.15) is 23.2 Å². The Morgan fingerprint density at radius 2 is 2.05 bits per heavy atom. The Bertz CT molecular complexity index is 507. The largest absolute Gasteiger partial charge is 0.349 e. The van der Waals surface area contributed by atoms with Crippen molar-refractivity contribution < 1.29 is 14.1 Å². The summed E-state index contributed by atoms with van der Waals surface area (Å²) in [7, 11) is 0. The highest BCUT2D eigenvalue weighted by Crippen LogP contribution is 2.17. The smallest absolute Gasteiger partial charge is 0.272 e. The monoisotopic (exact) mass is 303 g/mol. The second kappa shape index (κ2) is 7.16. The molecule has 0 aliphatic carbocycles. The Balaban J connectivity index is 0.00000200. The number of nitrogens with zero attached hydrogens (tertiary/aromatic N) is 1. The maximum absolute atomic E-state index is 13.6. The molecule has 1 aliphatic rings. The summed E-state index contributed by atoms with van der Waals surface area (Å²) in [4.78, 5) is 21.7. The third-order valence-corrected chi connectivity index (χ3v) is 3.08. The normalized spacial score (nSPS) is 15.2. The van der Waals surface area contributed by atoms with Crippen LogP contribution in [0.25, 0.3) is 0 Å². The highest BCUT2D eigenvalue weighted by Gasteiger charge is 2.20. The van der Waals surface area contributed by atoms with Gasteiger partial charge in [-0.25, -0.2) is 4.39 Å². The van der Waals surface area contributed by atoms with Crippen molar-refractivity contribution in [2.75, 3.05) is 13.1 Å². The van der Waals surface area contributed by atoms with E-state index in [1.807, 2.05) is 0 Å². The number of non-ortho nitro benzene ring substituents is 1. The summed E-state index contributed by atoms with van der Waals surface area (Å²) in [5.74, 6) is -1.40. The third-order valence-electron chi connectivity index (χ3n) is 3.08. The van der Waals surface area contributed by atoms with Gasteiger partial charge in [-0.2, -0.15) is 0 Å². The Morgan fingerprint density at radius 1 is 1.40 bits per heavy atom. The number of hydrogen-bond donors (Lipinski definition) is 2. The van der Waals surface area contributed by atoms with E-state index in [0.29, 0.717) is 0 Å². The van der Waals surface area contributed by atoms with E-state index in [2.05, 4.69) is 10.6 Å². The molecule has 6 nitrogen and oxygen atoms in total. The second-order valence-corrected chi connectivity index (χ2v) is 4.42. The van der Waals surface area contributed by atoms with Gasteiger partial charge in [0.2, 0.25) is 0 Å². The molecule has 1 aromatic rings. The molecule has 20 heavy (non-hydrogen) atoms. The molecule has 0 spiro atoms. The van der Waals surface area contributed by atoms with E-state index in [0.717, 1.165) is 44.1 Å². The fourth-order valence-electron chi connectivity index (χ4n) is 2.03. The molecule has 0 aromatic heterocycles. The van der Waals surface area contributed by atoms with Gasteiger partial charge in [0, 0.05) is 12.1 Å². The van der Waals surface area contributed by atoms with Gasteiger partial charge in [0.1, 0.15) is 5.82 Å². The van der Waals surface area contributed by atoms with Crippen LogP contribution in [-0.2, 0) is 0 Å². The summed E-state index contributed by atoms with van der Waals surface area (Å²) >= 11 is 0. The summed E-state index contributed by atoms with van der Waals surface area (Å²) in [5, 5.41) is 16.4. The highest BCUT2D eigenvalue weighted by molar-refractivity contribution is 5.94. The fraction of sp³-hybridized carbons (Fsp3) is 0.417. The van der Waals surface area contributed by atoms with Gasteiger partial charge < -0.3 is 10.6 Å². The molecule has 8 heteroatoms. The van der Waals surface area contributed by atoms with E-state index >= 15 is 0 Å². The average molecular weight is 304 g/mol. The van der Waals surface area contributed by atoms with Crippen molar-refractivity contribution in [1.82, 2.24) is 10.6 Å². The van der Waals surface area contributed by atoms with E-state index in [1.165, 1.54) is 0 Å². The summed E-state index contributed by atoms with van der Waals surface area (Å²) in [5.41, 5.74) is -0.528. The quantitative estimate of drug-likeness (QED) is 0.657. The summed E-state index contributed by atoms with van der Waals surface area (Å²) in [6, 6.07) is 3.05. The maximum atomic E-state index is 13.6. The van der Waals surface area contributed by atoms with Gasteiger partial charge in [-0.15, -0.1) is 12.4 Å². The lowest BCUT2D eigenvalue weighted by Crippen LogP contribution is -2.42. The van der Waals surface area contributed by atoms with Gasteiger partial charge in [0.15, 0.2) is 0 Å². The van der Waals surface area contributed by atoms with Crippen molar-refractivity contribution in [2.45, 2.75) is 18.9 Å². The SMILES string of the molecule is Cl.O=C(NC1CCNCC1)c1ccc([N+](=O)[O-])cc1F. The van der Waals surface area contributed by atoms with Crippen LogP contribution in [0.2, 0.25) is 0 Å². The minimum absolute atomic E-state index is 0. The van der Waals surface area contributed by atoms with Crippen molar-refractivity contribution in [1.29, 1.82) is 0 Å². The Morgan fingerprint density at radius 3 is 2.60 bits per heavy atom. The van der Waals surface area contributed by atoms with Crippen LogP contribution in [0, 0.1) is 15.9 Å². The van der Waals surface area contributed by atoms with Gasteiger partial charge in [0.05, 0.1) is 16.6 Å². The zero-order valence-electron chi connectivity index (χ0n) is 10.6. The van der Waals surface area contributed by atoms with Crippen LogP contribution < -0.4 is 10.6 Å². The molecule has 0 unspecified atom stereocenters. The number of halogens is 2. The van der Waals surface area contributed by atoms with Crippen LogP contribution in [0.5, 0.6) is 0 Å². The molecule has 1 amide bonds. The van der Waals surface area contributed by atoms with Gasteiger partial charge in [-0.05, 0) is 32.0 Å². The number of hydrogen-bond acceptors (Lipinski definition) is 4. The van der Waals surface area contributed by atoms with Crippen LogP contribution in [0.15, 0.2) is 18.2 Å². The first-order valence-electron chi connectivity index (χ1n) is 6.03. The number of carbonyl (C=O) groups excluding carboxylic acids is 1. The second-order valence-electron chi connectivity index (χ2n) is 4.42.